The SMILES string of the molecule is CCc1cccc(C(C)C)c1-c1cc(C)c(-c2ccc(C(C)(CC)CC)c(-c3nccn3-c3c(N(C)C)cc(-c4ccccc4)cc3N(C)C)c2)c(C)c1. The molecule has 6 rings (SSSR count). The van der Waals surface area contributed by atoms with Gasteiger partial charge in [-0.2, -0.15) is 0 Å². The van der Waals surface area contributed by atoms with Crippen LogP contribution in [0.1, 0.15) is 88.1 Å². The van der Waals surface area contributed by atoms with Crippen LogP contribution in [0.25, 0.3) is 50.5 Å². The van der Waals surface area contributed by atoms with Crippen molar-refractivity contribution in [3.8, 4) is 50.5 Å². The second kappa shape index (κ2) is 15.7. The predicted octanol–water partition coefficient (Wildman–Crippen LogP) is 13.1. The Hall–Kier alpha value is -5.09. The van der Waals surface area contributed by atoms with Gasteiger partial charge in [-0.3, -0.25) is 4.57 Å². The highest BCUT2D eigenvalue weighted by molar-refractivity contribution is 5.87. The molecule has 0 atom stereocenters. The van der Waals surface area contributed by atoms with Crippen molar-refractivity contribution < 1.29 is 0 Å². The first kappa shape index (κ1) is 38.6. The minimum atomic E-state index is -0.0123. The summed E-state index contributed by atoms with van der Waals surface area (Å²) in [6.07, 6.45) is 7.20. The van der Waals surface area contributed by atoms with Crippen molar-refractivity contribution in [1.82, 2.24) is 9.55 Å². The highest BCUT2D eigenvalue weighted by Crippen LogP contribution is 2.45. The Morgan fingerprint density at radius 2 is 1.30 bits per heavy atom. The van der Waals surface area contributed by atoms with E-state index in [1.54, 1.807) is 0 Å². The van der Waals surface area contributed by atoms with E-state index >= 15 is 0 Å². The Bertz CT molecular complexity index is 2200. The first-order valence-corrected chi connectivity index (χ1v) is 19.8. The maximum absolute atomic E-state index is 5.19. The first-order valence-electron chi connectivity index (χ1n) is 19.8. The fourth-order valence-corrected chi connectivity index (χ4v) is 8.37. The summed E-state index contributed by atoms with van der Waals surface area (Å²) >= 11 is 0. The predicted molar refractivity (Wildman–Crippen MR) is 235 cm³/mol. The molecule has 5 aromatic carbocycles. The molecule has 0 saturated carbocycles. The molecule has 0 saturated heterocycles. The van der Waals surface area contributed by atoms with E-state index in [1.165, 1.54) is 66.8 Å². The summed E-state index contributed by atoms with van der Waals surface area (Å²) in [6.45, 7) is 18.5. The number of imidazole rings is 1. The van der Waals surface area contributed by atoms with E-state index in [2.05, 4.69) is 195 Å². The summed E-state index contributed by atoms with van der Waals surface area (Å²) in [7, 11) is 8.55. The van der Waals surface area contributed by atoms with Gasteiger partial charge in [-0.05, 0) is 124 Å². The van der Waals surface area contributed by atoms with Crippen LogP contribution in [0.2, 0.25) is 0 Å². The molecule has 0 bridgehead atoms. The second-order valence-electron chi connectivity index (χ2n) is 16.0. The molecule has 0 amide bonds. The van der Waals surface area contributed by atoms with Crippen LogP contribution in [0.5, 0.6) is 0 Å². The van der Waals surface area contributed by atoms with Crippen molar-refractivity contribution in [3.05, 3.63) is 131 Å². The minimum Gasteiger partial charge on any atom is -0.376 e. The van der Waals surface area contributed by atoms with Crippen LogP contribution in [0.3, 0.4) is 0 Å². The van der Waals surface area contributed by atoms with Crippen molar-refractivity contribution in [2.75, 3.05) is 38.0 Å². The number of anilines is 2. The molecule has 0 spiro atoms. The summed E-state index contributed by atoms with van der Waals surface area (Å²) in [4.78, 5) is 9.65. The Balaban J connectivity index is 1.59. The molecule has 0 aliphatic heterocycles. The third-order valence-electron chi connectivity index (χ3n) is 11.8. The zero-order valence-electron chi connectivity index (χ0n) is 34.8. The molecular formula is C50H60N4. The molecule has 6 aromatic rings. The largest absolute Gasteiger partial charge is 0.376 e. The average molecular weight is 717 g/mol. The van der Waals surface area contributed by atoms with Crippen LogP contribution in [0.15, 0.2) is 103 Å². The van der Waals surface area contributed by atoms with E-state index in [1.807, 2.05) is 6.20 Å². The van der Waals surface area contributed by atoms with Gasteiger partial charge in [0, 0.05) is 46.1 Å². The van der Waals surface area contributed by atoms with E-state index in [4.69, 9.17) is 4.98 Å². The smallest absolute Gasteiger partial charge is 0.144 e. The van der Waals surface area contributed by atoms with E-state index < -0.39 is 0 Å². The van der Waals surface area contributed by atoms with Crippen LogP contribution in [-0.2, 0) is 11.8 Å². The van der Waals surface area contributed by atoms with Gasteiger partial charge in [-0.15, -0.1) is 0 Å². The highest BCUT2D eigenvalue weighted by atomic mass is 15.2. The van der Waals surface area contributed by atoms with Gasteiger partial charge >= 0.3 is 0 Å². The summed E-state index contributed by atoms with van der Waals surface area (Å²) in [5, 5.41) is 0. The molecule has 0 aliphatic rings. The fourth-order valence-electron chi connectivity index (χ4n) is 8.37. The van der Waals surface area contributed by atoms with E-state index in [0.29, 0.717) is 5.92 Å². The molecule has 0 fully saturated rings. The molecule has 1 aromatic heterocycles. The molecule has 0 unspecified atom stereocenters. The lowest BCUT2D eigenvalue weighted by Gasteiger charge is -2.31. The minimum absolute atomic E-state index is 0.0123. The van der Waals surface area contributed by atoms with Gasteiger partial charge < -0.3 is 9.80 Å². The van der Waals surface area contributed by atoms with Crippen LogP contribution in [-0.4, -0.2) is 37.7 Å². The van der Waals surface area contributed by atoms with Crippen LogP contribution in [0, 0.1) is 13.8 Å². The molecule has 0 radical (unpaired) electrons. The van der Waals surface area contributed by atoms with Crippen molar-refractivity contribution in [2.24, 2.45) is 0 Å². The number of aryl methyl sites for hydroxylation is 3. The molecule has 0 aliphatic carbocycles. The molecule has 280 valence electrons. The molecule has 1 heterocycles. The topological polar surface area (TPSA) is 24.3 Å². The molecule has 4 nitrogen and oxygen atoms in total. The van der Waals surface area contributed by atoms with Gasteiger partial charge in [0.25, 0.3) is 0 Å². The maximum Gasteiger partial charge on any atom is 0.144 e. The lowest BCUT2D eigenvalue weighted by atomic mass is 9.74. The summed E-state index contributed by atoms with van der Waals surface area (Å²) < 4.78 is 2.33. The Labute approximate surface area is 325 Å². The molecule has 4 heteroatoms. The lowest BCUT2D eigenvalue weighted by molar-refractivity contribution is 0.440. The number of aromatic nitrogens is 2. The number of hydrogen-bond donors (Lipinski definition) is 0. The Kier molecular flexibility index (Phi) is 11.2. The van der Waals surface area contributed by atoms with Crippen LogP contribution in [0.4, 0.5) is 11.4 Å². The van der Waals surface area contributed by atoms with Gasteiger partial charge in [-0.25, -0.2) is 4.98 Å². The summed E-state index contributed by atoms with van der Waals surface area (Å²) in [6, 6.07) is 34.1. The number of hydrogen-bond acceptors (Lipinski definition) is 3. The van der Waals surface area contributed by atoms with Gasteiger partial charge in [0.15, 0.2) is 0 Å². The van der Waals surface area contributed by atoms with E-state index in [9.17, 15) is 0 Å². The number of nitrogens with zero attached hydrogens (tertiary/aromatic N) is 4. The quantitative estimate of drug-likeness (QED) is 0.126. The van der Waals surface area contributed by atoms with Crippen molar-refractivity contribution in [1.29, 1.82) is 0 Å². The van der Waals surface area contributed by atoms with Gasteiger partial charge in [-0.1, -0.05) is 114 Å². The van der Waals surface area contributed by atoms with E-state index in [0.717, 1.165) is 42.1 Å². The lowest BCUT2D eigenvalue weighted by Crippen LogP contribution is -2.22. The number of benzene rings is 5. The standard InChI is InChI=1S/C50H60N4/c1-13-36-22-19-23-41(33(4)5)47(36)40-28-34(6)46(35(7)29-40)38-24-25-43(50(8,14-2)15-3)42(30-38)49-51-26-27-54(49)48-44(52(9)10)31-39(32-45(48)53(11)12)37-20-17-16-18-21-37/h16-33H,13-15H2,1-12H3. The first-order chi connectivity index (χ1) is 25.8. The maximum atomic E-state index is 5.19. The molecule has 54 heavy (non-hydrogen) atoms. The van der Waals surface area contributed by atoms with Crippen LogP contribution >= 0.6 is 0 Å². The summed E-state index contributed by atoms with van der Waals surface area (Å²) in [5.74, 6) is 1.41. The number of rotatable bonds is 12. The molecular weight excluding hydrogens is 657 g/mol. The van der Waals surface area contributed by atoms with Crippen molar-refractivity contribution in [2.45, 2.75) is 86.0 Å². The van der Waals surface area contributed by atoms with Crippen molar-refractivity contribution >= 4 is 11.4 Å². The van der Waals surface area contributed by atoms with E-state index in [-0.39, 0.29) is 5.41 Å². The third-order valence-corrected chi connectivity index (χ3v) is 11.8. The van der Waals surface area contributed by atoms with Gasteiger partial charge in [0.1, 0.15) is 5.82 Å². The summed E-state index contributed by atoms with van der Waals surface area (Å²) in [5.41, 5.74) is 19.0. The van der Waals surface area contributed by atoms with Crippen LogP contribution < -0.4 is 9.80 Å². The van der Waals surface area contributed by atoms with Gasteiger partial charge in [0.2, 0.25) is 0 Å². The Morgan fingerprint density at radius 3 is 1.85 bits per heavy atom. The normalized spacial score (nSPS) is 11.7. The highest BCUT2D eigenvalue weighted by Gasteiger charge is 2.29. The monoisotopic (exact) mass is 716 g/mol. The third kappa shape index (κ3) is 7.11. The van der Waals surface area contributed by atoms with Gasteiger partial charge in [0.05, 0.1) is 17.1 Å². The zero-order chi connectivity index (χ0) is 38.9. The second-order valence-corrected chi connectivity index (χ2v) is 16.0. The average Bonchev–Trinajstić information content (AvgIpc) is 3.66. The molecule has 0 N–H and O–H groups in total. The van der Waals surface area contributed by atoms with Crippen molar-refractivity contribution in [3.63, 3.8) is 0 Å². The Morgan fingerprint density at radius 1 is 0.667 bits per heavy atom. The fraction of sp³-hybridized carbons (Fsp3) is 0.340. The zero-order valence-corrected chi connectivity index (χ0v) is 34.8.